The van der Waals surface area contributed by atoms with Gasteiger partial charge in [-0.25, -0.2) is 9.97 Å². The molecule has 1 atom stereocenters. The Hall–Kier alpha value is -3.07. The fourth-order valence-electron chi connectivity index (χ4n) is 6.35. The average molecular weight is 471 g/mol. The van der Waals surface area contributed by atoms with Gasteiger partial charge in [-0.1, -0.05) is 39.3 Å². The van der Waals surface area contributed by atoms with Crippen LogP contribution in [0.3, 0.4) is 0 Å². The predicted octanol–water partition coefficient (Wildman–Crippen LogP) is 4.96. The molecule has 3 heterocycles. The fraction of sp³-hybridized carbons (Fsp3) is 0.552. The van der Waals surface area contributed by atoms with E-state index in [1.807, 2.05) is 6.07 Å². The van der Waals surface area contributed by atoms with Crippen LogP contribution in [0.2, 0.25) is 0 Å². The van der Waals surface area contributed by atoms with Crippen molar-refractivity contribution in [3.8, 4) is 6.07 Å². The van der Waals surface area contributed by atoms with Crippen LogP contribution in [0.4, 0.5) is 11.5 Å². The molecule has 1 aromatic carbocycles. The molecule has 6 heteroatoms. The number of aryl methyl sites for hydroxylation is 1. The number of nitrogens with two attached hydrogens (primary N) is 1. The van der Waals surface area contributed by atoms with Crippen molar-refractivity contribution in [2.24, 2.45) is 5.41 Å². The molecule has 1 aromatic heterocycles. The maximum Gasteiger partial charge on any atom is 0.135 e. The molecule has 2 aromatic rings. The second-order valence-electron chi connectivity index (χ2n) is 10.9. The van der Waals surface area contributed by atoms with E-state index in [9.17, 15) is 5.26 Å². The maximum atomic E-state index is 10.0. The third-order valence-electron chi connectivity index (χ3n) is 8.65. The summed E-state index contributed by atoms with van der Waals surface area (Å²) >= 11 is 0. The van der Waals surface area contributed by atoms with E-state index in [-0.39, 0.29) is 5.41 Å². The van der Waals surface area contributed by atoms with Crippen LogP contribution in [0.15, 0.2) is 24.4 Å². The van der Waals surface area contributed by atoms with Crippen LogP contribution in [-0.2, 0) is 19.3 Å². The number of nitrogens with zero attached hydrogens (tertiary/aromatic N) is 5. The largest absolute Gasteiger partial charge is 0.398 e. The molecule has 1 aliphatic carbocycles. The summed E-state index contributed by atoms with van der Waals surface area (Å²) in [5.74, 6) is 2.39. The molecule has 2 saturated heterocycles. The van der Waals surface area contributed by atoms with Gasteiger partial charge in [0.2, 0.25) is 0 Å². The second kappa shape index (κ2) is 9.18. The first-order valence-electron chi connectivity index (χ1n) is 13.2. The molecule has 3 aliphatic rings. The molecule has 2 fully saturated rings. The molecule has 2 N–H and O–H groups in total. The van der Waals surface area contributed by atoms with E-state index in [2.05, 4.69) is 49.4 Å². The Morgan fingerprint density at radius 1 is 1.20 bits per heavy atom. The number of hydrogen-bond donors (Lipinski definition) is 1. The van der Waals surface area contributed by atoms with Crippen LogP contribution in [0.25, 0.3) is 0 Å². The van der Waals surface area contributed by atoms with Gasteiger partial charge >= 0.3 is 0 Å². The van der Waals surface area contributed by atoms with Crippen molar-refractivity contribution in [1.82, 2.24) is 14.9 Å². The molecular weight excluding hydrogens is 432 g/mol. The minimum absolute atomic E-state index is 0.191. The van der Waals surface area contributed by atoms with Gasteiger partial charge in [0.25, 0.3) is 0 Å². The zero-order chi connectivity index (χ0) is 24.7. The lowest BCUT2D eigenvalue weighted by Crippen LogP contribution is -2.57. The zero-order valence-electron chi connectivity index (χ0n) is 21.5. The lowest BCUT2D eigenvalue weighted by Gasteiger charge is -2.50. The summed E-state index contributed by atoms with van der Waals surface area (Å²) in [5, 5.41) is 10.0. The Balaban J connectivity index is 1.59. The summed E-state index contributed by atoms with van der Waals surface area (Å²) in [6, 6.07) is 6.45. The van der Waals surface area contributed by atoms with E-state index < -0.39 is 0 Å². The molecule has 6 nitrogen and oxygen atoms in total. The van der Waals surface area contributed by atoms with Crippen LogP contribution in [0, 0.1) is 16.7 Å². The molecule has 0 amide bonds. The van der Waals surface area contributed by atoms with E-state index in [1.165, 1.54) is 36.1 Å². The number of nitriles is 1. The highest BCUT2D eigenvalue weighted by molar-refractivity contribution is 5.63. The second-order valence-corrected chi connectivity index (χ2v) is 10.9. The van der Waals surface area contributed by atoms with Gasteiger partial charge in [-0.15, -0.1) is 0 Å². The SMILES string of the molecule is C=C1N(C)CCC12CN(c1nc(CC)nc3c1CCCCCC(C)c1ccc(N)c(C#N)c1C3)C2. The van der Waals surface area contributed by atoms with Crippen LogP contribution >= 0.6 is 0 Å². The first-order valence-corrected chi connectivity index (χ1v) is 13.2. The molecule has 0 bridgehead atoms. The molecule has 0 saturated carbocycles. The lowest BCUT2D eigenvalue weighted by atomic mass is 9.76. The highest BCUT2D eigenvalue weighted by Gasteiger charge is 2.50. The monoisotopic (exact) mass is 470 g/mol. The normalized spacial score (nSPS) is 21.7. The van der Waals surface area contributed by atoms with Gasteiger partial charge in [-0.3, -0.25) is 0 Å². The van der Waals surface area contributed by atoms with Crippen molar-refractivity contribution in [3.63, 3.8) is 0 Å². The third-order valence-corrected chi connectivity index (χ3v) is 8.65. The van der Waals surface area contributed by atoms with Gasteiger partial charge in [0.1, 0.15) is 17.7 Å². The van der Waals surface area contributed by atoms with Crippen molar-refractivity contribution in [2.45, 2.75) is 71.1 Å². The van der Waals surface area contributed by atoms with Crippen LogP contribution in [-0.4, -0.2) is 41.5 Å². The molecule has 5 rings (SSSR count). The first-order chi connectivity index (χ1) is 16.9. The minimum atomic E-state index is 0.191. The maximum absolute atomic E-state index is 10.0. The number of rotatable bonds is 2. The summed E-state index contributed by atoms with van der Waals surface area (Å²) in [5.41, 5.74) is 13.6. The Morgan fingerprint density at radius 3 is 2.69 bits per heavy atom. The summed E-state index contributed by atoms with van der Waals surface area (Å²) in [7, 11) is 2.15. The molecule has 2 aliphatic heterocycles. The van der Waals surface area contributed by atoms with Gasteiger partial charge < -0.3 is 15.5 Å². The van der Waals surface area contributed by atoms with E-state index in [0.717, 1.165) is 68.2 Å². The quantitative estimate of drug-likeness (QED) is 0.625. The summed E-state index contributed by atoms with van der Waals surface area (Å²) < 4.78 is 0. The Kier molecular flexibility index (Phi) is 6.21. The van der Waals surface area contributed by atoms with Crippen molar-refractivity contribution in [1.29, 1.82) is 5.26 Å². The number of likely N-dealkylation sites (tertiary alicyclic amines) is 1. The Morgan fingerprint density at radius 2 is 2.00 bits per heavy atom. The zero-order valence-corrected chi connectivity index (χ0v) is 21.5. The smallest absolute Gasteiger partial charge is 0.135 e. The minimum Gasteiger partial charge on any atom is -0.398 e. The number of fused-ring (bicyclic) bond motifs is 2. The van der Waals surface area contributed by atoms with Crippen molar-refractivity contribution < 1.29 is 0 Å². The average Bonchev–Trinajstić information content (AvgIpc) is 3.11. The number of hydrogen-bond acceptors (Lipinski definition) is 6. The number of nitrogen functional groups attached to an aromatic ring is 1. The van der Waals surface area contributed by atoms with E-state index in [1.54, 1.807) is 0 Å². The van der Waals surface area contributed by atoms with E-state index in [4.69, 9.17) is 15.7 Å². The third kappa shape index (κ3) is 4.05. The van der Waals surface area contributed by atoms with Gasteiger partial charge in [0, 0.05) is 61.9 Å². The standard InChI is InChI=1S/C29H38N6/c1-5-27-32-26-15-23-21(11-12-25(31)24(23)16-30)19(2)9-7-6-8-10-22(26)28(33-27)35-17-29(18-35)13-14-34(4)20(29)3/h11-12,19H,3,5-10,13-15,17-18,31H2,1-2,4H3. The van der Waals surface area contributed by atoms with Crippen molar-refractivity contribution in [3.05, 3.63) is 58.2 Å². The topological polar surface area (TPSA) is 82.1 Å². The number of benzene rings is 1. The number of anilines is 2. The molecule has 35 heavy (non-hydrogen) atoms. The van der Waals surface area contributed by atoms with Gasteiger partial charge in [0.05, 0.1) is 11.3 Å². The highest BCUT2D eigenvalue weighted by atomic mass is 15.3. The van der Waals surface area contributed by atoms with Crippen LogP contribution in [0.1, 0.15) is 85.6 Å². The van der Waals surface area contributed by atoms with Crippen LogP contribution in [0.5, 0.6) is 0 Å². The Labute approximate surface area is 209 Å². The summed E-state index contributed by atoms with van der Waals surface area (Å²) in [4.78, 5) is 14.9. The van der Waals surface area contributed by atoms with E-state index in [0.29, 0.717) is 23.6 Å². The van der Waals surface area contributed by atoms with Gasteiger partial charge in [0.15, 0.2) is 0 Å². The summed E-state index contributed by atoms with van der Waals surface area (Å²) in [6.07, 6.45) is 8.22. The van der Waals surface area contributed by atoms with Gasteiger partial charge in [-0.05, 0) is 48.8 Å². The van der Waals surface area contributed by atoms with E-state index >= 15 is 0 Å². The molecule has 0 radical (unpaired) electrons. The fourth-order valence-corrected chi connectivity index (χ4v) is 6.35. The predicted molar refractivity (Wildman–Crippen MR) is 141 cm³/mol. The van der Waals surface area contributed by atoms with Crippen LogP contribution < -0.4 is 10.6 Å². The number of aromatic nitrogens is 2. The highest BCUT2D eigenvalue weighted by Crippen LogP contribution is 2.48. The molecule has 1 spiro atoms. The van der Waals surface area contributed by atoms with Crippen molar-refractivity contribution in [2.75, 3.05) is 37.3 Å². The van der Waals surface area contributed by atoms with Crippen molar-refractivity contribution >= 4 is 11.5 Å². The lowest BCUT2D eigenvalue weighted by molar-refractivity contribution is 0.271. The molecular formula is C29H38N6. The van der Waals surface area contributed by atoms with Gasteiger partial charge in [-0.2, -0.15) is 5.26 Å². The molecule has 1 unspecified atom stereocenters. The summed E-state index contributed by atoms with van der Waals surface area (Å²) in [6.45, 7) is 11.8. The Bertz CT molecular complexity index is 1190. The molecule has 184 valence electrons. The first kappa shape index (κ1) is 23.7.